The molecule has 134 valence electrons. The van der Waals surface area contributed by atoms with Crippen LogP contribution < -0.4 is 10.5 Å². The third kappa shape index (κ3) is 7.05. The van der Waals surface area contributed by atoms with E-state index in [1.54, 1.807) is 6.07 Å². The lowest BCUT2D eigenvalue weighted by Gasteiger charge is -2.14. The molecular formula is C19H23NO5. The Morgan fingerprint density at radius 3 is 2.16 bits per heavy atom. The molecule has 2 aromatic rings. The van der Waals surface area contributed by atoms with Gasteiger partial charge in [0, 0.05) is 12.5 Å². The van der Waals surface area contributed by atoms with E-state index in [9.17, 15) is 4.79 Å². The molecule has 0 aliphatic heterocycles. The lowest BCUT2D eigenvalue weighted by molar-refractivity contribution is -0.144. The SMILES string of the molecule is CC(=O)O.CC(Oc1ccccc1-c1ccc(CCN)cc1)C(=O)O. The van der Waals surface area contributed by atoms with Crippen LogP contribution in [0, 0.1) is 0 Å². The molecule has 0 aromatic heterocycles. The number of carbonyl (C=O) groups is 2. The normalized spacial score (nSPS) is 11.0. The van der Waals surface area contributed by atoms with Gasteiger partial charge in [0.05, 0.1) is 0 Å². The largest absolute Gasteiger partial charge is 0.481 e. The van der Waals surface area contributed by atoms with E-state index in [0.717, 1.165) is 24.5 Å². The van der Waals surface area contributed by atoms with Gasteiger partial charge in [-0.2, -0.15) is 0 Å². The van der Waals surface area contributed by atoms with Crippen LogP contribution in [0.15, 0.2) is 48.5 Å². The monoisotopic (exact) mass is 345 g/mol. The van der Waals surface area contributed by atoms with E-state index >= 15 is 0 Å². The Bertz CT molecular complexity index is 693. The van der Waals surface area contributed by atoms with E-state index in [-0.39, 0.29) is 0 Å². The molecule has 6 heteroatoms. The maximum absolute atomic E-state index is 10.9. The van der Waals surface area contributed by atoms with Crippen LogP contribution in [0.2, 0.25) is 0 Å². The van der Waals surface area contributed by atoms with Gasteiger partial charge in [-0.05, 0) is 37.1 Å². The van der Waals surface area contributed by atoms with Gasteiger partial charge in [-0.25, -0.2) is 4.79 Å². The number of hydrogen-bond donors (Lipinski definition) is 3. The topological polar surface area (TPSA) is 110 Å². The van der Waals surface area contributed by atoms with E-state index < -0.39 is 18.0 Å². The van der Waals surface area contributed by atoms with E-state index in [1.165, 1.54) is 12.5 Å². The zero-order valence-corrected chi connectivity index (χ0v) is 14.3. The average Bonchev–Trinajstić information content (AvgIpc) is 2.56. The molecule has 2 rings (SSSR count). The first-order valence-corrected chi connectivity index (χ1v) is 7.82. The quantitative estimate of drug-likeness (QED) is 0.742. The minimum Gasteiger partial charge on any atom is -0.481 e. The van der Waals surface area contributed by atoms with Crippen LogP contribution in [0.5, 0.6) is 5.75 Å². The predicted octanol–water partition coefficient (Wildman–Crippen LogP) is 2.80. The second-order valence-corrected chi connectivity index (χ2v) is 5.35. The van der Waals surface area contributed by atoms with Crippen molar-refractivity contribution in [1.82, 2.24) is 0 Å². The summed E-state index contributed by atoms with van der Waals surface area (Å²) < 4.78 is 5.52. The smallest absolute Gasteiger partial charge is 0.344 e. The lowest BCUT2D eigenvalue weighted by atomic mass is 10.0. The van der Waals surface area contributed by atoms with Gasteiger partial charge >= 0.3 is 5.97 Å². The number of carboxylic acids is 2. The average molecular weight is 345 g/mol. The molecule has 0 aliphatic rings. The van der Waals surface area contributed by atoms with Gasteiger partial charge in [-0.1, -0.05) is 42.5 Å². The molecule has 4 N–H and O–H groups in total. The standard InChI is InChI=1S/C17H19NO3.C2H4O2/c1-12(17(19)20)21-16-5-3-2-4-15(16)14-8-6-13(7-9-14)10-11-18;1-2(3)4/h2-9,12H,10-11,18H2,1H3,(H,19,20);1H3,(H,3,4). The van der Waals surface area contributed by atoms with Crippen LogP contribution in [-0.4, -0.2) is 34.8 Å². The van der Waals surface area contributed by atoms with Gasteiger partial charge < -0.3 is 20.7 Å². The van der Waals surface area contributed by atoms with Crippen molar-refractivity contribution >= 4 is 11.9 Å². The molecule has 0 fully saturated rings. The zero-order valence-electron chi connectivity index (χ0n) is 14.3. The molecular weight excluding hydrogens is 322 g/mol. The summed E-state index contributed by atoms with van der Waals surface area (Å²) in [5.41, 5.74) is 8.59. The number of nitrogens with two attached hydrogens (primary N) is 1. The molecule has 1 atom stereocenters. The van der Waals surface area contributed by atoms with Gasteiger partial charge in [-0.3, -0.25) is 4.79 Å². The summed E-state index contributed by atoms with van der Waals surface area (Å²) in [5.74, 6) is -1.25. The van der Waals surface area contributed by atoms with Crippen LogP contribution in [0.4, 0.5) is 0 Å². The number of ether oxygens (including phenoxy) is 1. The first-order chi connectivity index (χ1) is 11.8. The minimum absolute atomic E-state index is 0.568. The van der Waals surface area contributed by atoms with Gasteiger partial charge in [0.2, 0.25) is 0 Å². The molecule has 2 aromatic carbocycles. The van der Waals surface area contributed by atoms with Crippen molar-refractivity contribution in [3.8, 4) is 16.9 Å². The lowest BCUT2D eigenvalue weighted by Crippen LogP contribution is -2.23. The van der Waals surface area contributed by atoms with Crippen LogP contribution in [0.25, 0.3) is 11.1 Å². The van der Waals surface area contributed by atoms with Crippen molar-refractivity contribution in [3.05, 3.63) is 54.1 Å². The van der Waals surface area contributed by atoms with Gasteiger partial charge in [-0.15, -0.1) is 0 Å². The summed E-state index contributed by atoms with van der Waals surface area (Å²) in [7, 11) is 0. The Labute approximate surface area is 146 Å². The van der Waals surface area contributed by atoms with Crippen LogP contribution in [0.1, 0.15) is 19.4 Å². The van der Waals surface area contributed by atoms with Gasteiger partial charge in [0.25, 0.3) is 5.97 Å². The Morgan fingerprint density at radius 2 is 1.64 bits per heavy atom. The van der Waals surface area contributed by atoms with Crippen LogP contribution in [-0.2, 0) is 16.0 Å². The number of para-hydroxylation sites is 1. The summed E-state index contributed by atoms with van der Waals surface area (Å²) in [5, 5.41) is 16.4. The number of rotatable bonds is 6. The fourth-order valence-electron chi connectivity index (χ4n) is 2.07. The summed E-state index contributed by atoms with van der Waals surface area (Å²) in [4.78, 5) is 19.9. The molecule has 6 nitrogen and oxygen atoms in total. The van der Waals surface area contributed by atoms with Crippen LogP contribution >= 0.6 is 0 Å². The highest BCUT2D eigenvalue weighted by Gasteiger charge is 2.15. The Morgan fingerprint density at radius 1 is 1.08 bits per heavy atom. The molecule has 0 saturated heterocycles. The van der Waals surface area contributed by atoms with Crippen molar-refractivity contribution in [2.75, 3.05) is 6.54 Å². The number of benzene rings is 2. The molecule has 0 spiro atoms. The van der Waals surface area contributed by atoms with Crippen molar-refractivity contribution in [3.63, 3.8) is 0 Å². The number of carboxylic acid groups (broad SMARTS) is 2. The fraction of sp³-hybridized carbons (Fsp3) is 0.263. The molecule has 0 bridgehead atoms. The van der Waals surface area contributed by atoms with Gasteiger partial charge in [0.1, 0.15) is 5.75 Å². The summed E-state index contributed by atoms with van der Waals surface area (Å²) in [6.45, 7) is 3.22. The third-order valence-electron chi connectivity index (χ3n) is 3.24. The number of hydrogen-bond acceptors (Lipinski definition) is 4. The fourth-order valence-corrected chi connectivity index (χ4v) is 2.07. The predicted molar refractivity (Wildman–Crippen MR) is 95.7 cm³/mol. The molecule has 0 heterocycles. The number of aliphatic carboxylic acids is 2. The third-order valence-corrected chi connectivity index (χ3v) is 3.24. The second kappa shape index (κ2) is 10.1. The molecule has 0 saturated carbocycles. The van der Waals surface area contributed by atoms with Crippen molar-refractivity contribution < 1.29 is 24.5 Å². The highest BCUT2D eigenvalue weighted by molar-refractivity contribution is 5.74. The Balaban J connectivity index is 0.000000705. The molecule has 0 amide bonds. The first-order valence-electron chi connectivity index (χ1n) is 7.82. The van der Waals surface area contributed by atoms with Crippen LogP contribution in [0.3, 0.4) is 0 Å². The molecule has 1 unspecified atom stereocenters. The van der Waals surface area contributed by atoms with Gasteiger partial charge in [0.15, 0.2) is 6.10 Å². The Hall–Kier alpha value is -2.86. The minimum atomic E-state index is -0.983. The maximum atomic E-state index is 10.9. The highest BCUT2D eigenvalue weighted by atomic mass is 16.5. The first kappa shape index (κ1) is 20.2. The molecule has 0 radical (unpaired) electrons. The van der Waals surface area contributed by atoms with E-state index in [0.29, 0.717) is 12.3 Å². The summed E-state index contributed by atoms with van der Waals surface area (Å²) in [6.07, 6.45) is -0.0447. The zero-order chi connectivity index (χ0) is 18.8. The van der Waals surface area contributed by atoms with E-state index in [4.69, 9.17) is 25.5 Å². The van der Waals surface area contributed by atoms with Crippen molar-refractivity contribution in [2.45, 2.75) is 26.4 Å². The Kier molecular flexibility index (Phi) is 8.15. The molecule has 0 aliphatic carbocycles. The van der Waals surface area contributed by atoms with E-state index in [1.807, 2.05) is 42.5 Å². The molecule has 25 heavy (non-hydrogen) atoms. The summed E-state index contributed by atoms with van der Waals surface area (Å²) >= 11 is 0. The van der Waals surface area contributed by atoms with Crippen molar-refractivity contribution in [1.29, 1.82) is 0 Å². The van der Waals surface area contributed by atoms with Crippen molar-refractivity contribution in [2.24, 2.45) is 5.73 Å². The van der Waals surface area contributed by atoms with E-state index in [2.05, 4.69) is 0 Å². The maximum Gasteiger partial charge on any atom is 0.344 e. The highest BCUT2D eigenvalue weighted by Crippen LogP contribution is 2.30. The second-order valence-electron chi connectivity index (χ2n) is 5.35. The summed E-state index contributed by atoms with van der Waals surface area (Å²) in [6, 6.07) is 15.5.